The Labute approximate surface area is 169 Å². The van der Waals surface area contributed by atoms with E-state index in [2.05, 4.69) is 56.1 Å². The molecule has 0 atom stereocenters. The number of nitrogens with zero attached hydrogens (tertiary/aromatic N) is 5. The summed E-state index contributed by atoms with van der Waals surface area (Å²) in [5.74, 6) is 1.10. The number of allylic oxidation sites excluding steroid dienone is 2. The summed E-state index contributed by atoms with van der Waals surface area (Å²) in [5.41, 5.74) is 2.45. The van der Waals surface area contributed by atoms with Crippen molar-refractivity contribution in [1.82, 2.24) is 20.1 Å². The number of aromatic nitrogens is 1. The Hall–Kier alpha value is -2.21. The van der Waals surface area contributed by atoms with Gasteiger partial charge in [0.15, 0.2) is 5.96 Å². The topological polar surface area (TPSA) is 56.1 Å². The molecule has 0 saturated carbocycles. The van der Waals surface area contributed by atoms with Crippen LogP contribution < -0.4 is 5.32 Å². The van der Waals surface area contributed by atoms with E-state index in [4.69, 9.17) is 0 Å². The molecule has 0 aliphatic carbocycles. The van der Waals surface area contributed by atoms with Gasteiger partial charge < -0.3 is 10.2 Å². The molecule has 3 rings (SSSR count). The van der Waals surface area contributed by atoms with Crippen LogP contribution in [0.5, 0.6) is 0 Å². The van der Waals surface area contributed by atoms with E-state index in [0.717, 1.165) is 71.0 Å². The molecule has 6 heteroatoms. The van der Waals surface area contributed by atoms with Gasteiger partial charge in [0.2, 0.25) is 0 Å². The number of hydrogen-bond donors (Lipinski definition) is 1. The summed E-state index contributed by atoms with van der Waals surface area (Å²) in [4.78, 5) is 18.8. The second kappa shape index (κ2) is 11.0. The highest BCUT2D eigenvalue weighted by Gasteiger charge is 2.27. The molecule has 2 aliphatic rings. The largest absolute Gasteiger partial charge is 0.354 e. The lowest BCUT2D eigenvalue weighted by molar-refractivity contribution is 0.130. The quantitative estimate of drug-likeness (QED) is 0.703. The van der Waals surface area contributed by atoms with Crippen LogP contribution in [-0.4, -0.2) is 72.3 Å². The zero-order valence-corrected chi connectivity index (χ0v) is 17.3. The van der Waals surface area contributed by atoms with Gasteiger partial charge in [-0.3, -0.25) is 19.9 Å². The minimum Gasteiger partial charge on any atom is -0.354 e. The number of hydrogen-bond acceptors (Lipinski definition) is 6. The summed E-state index contributed by atoms with van der Waals surface area (Å²) in [6.45, 7) is 11.0. The molecule has 28 heavy (non-hydrogen) atoms. The Bertz CT molecular complexity index is 688. The van der Waals surface area contributed by atoms with Crippen LogP contribution in [0.1, 0.15) is 37.4 Å². The number of aliphatic imine (C=N–C) groups is 2. The van der Waals surface area contributed by atoms with Crippen LogP contribution in [0.15, 0.2) is 40.5 Å². The molecule has 1 aromatic heterocycles. The average molecular weight is 383 g/mol. The fraction of sp³-hybridized carbons (Fsp3) is 0.591. The SMILES string of the molecule is CC/C=C\C=N/CCN(Cc1ncccc1C)C1CCN(C2=NCCN2)CC1. The molecule has 0 radical (unpaired) electrons. The van der Waals surface area contributed by atoms with Crippen LogP contribution in [0.25, 0.3) is 0 Å². The number of pyridine rings is 1. The molecule has 0 amide bonds. The van der Waals surface area contributed by atoms with Gasteiger partial charge in [0, 0.05) is 51.2 Å². The highest BCUT2D eigenvalue weighted by atomic mass is 15.3. The van der Waals surface area contributed by atoms with Crippen molar-refractivity contribution in [2.75, 3.05) is 39.3 Å². The third-order valence-electron chi connectivity index (χ3n) is 5.49. The number of nitrogens with one attached hydrogen (secondary N) is 1. The Morgan fingerprint density at radius 1 is 1.36 bits per heavy atom. The maximum atomic E-state index is 4.63. The molecule has 0 spiro atoms. The Kier molecular flexibility index (Phi) is 8.03. The van der Waals surface area contributed by atoms with Crippen LogP contribution in [0, 0.1) is 6.92 Å². The Morgan fingerprint density at radius 3 is 2.93 bits per heavy atom. The number of guanidine groups is 1. The molecule has 152 valence electrons. The van der Waals surface area contributed by atoms with Crippen molar-refractivity contribution in [2.24, 2.45) is 9.98 Å². The van der Waals surface area contributed by atoms with Crippen molar-refractivity contribution in [3.05, 3.63) is 41.7 Å². The van der Waals surface area contributed by atoms with Gasteiger partial charge in [-0.1, -0.05) is 19.1 Å². The predicted octanol–water partition coefficient (Wildman–Crippen LogP) is 2.65. The standard InChI is InChI=1S/C22H34N6/c1-3-4-5-10-23-14-17-28(18-21-19(2)7-6-11-24-21)20-8-15-27(16-9-20)22-25-12-13-26-22/h4-7,10-11,20H,3,8-9,12-18H2,1-2H3,(H,25,26)/b5-4-,23-10-. The molecule has 0 bridgehead atoms. The molecule has 1 aromatic rings. The van der Waals surface area contributed by atoms with Crippen molar-refractivity contribution < 1.29 is 0 Å². The number of piperidine rings is 1. The Balaban J connectivity index is 1.59. The number of aryl methyl sites for hydroxylation is 1. The summed E-state index contributed by atoms with van der Waals surface area (Å²) in [6, 6.07) is 4.74. The Morgan fingerprint density at radius 2 is 2.21 bits per heavy atom. The lowest BCUT2D eigenvalue weighted by Crippen LogP contribution is -2.49. The van der Waals surface area contributed by atoms with Gasteiger partial charge in [-0.2, -0.15) is 0 Å². The van der Waals surface area contributed by atoms with E-state index in [9.17, 15) is 0 Å². The van der Waals surface area contributed by atoms with Gasteiger partial charge in [-0.15, -0.1) is 0 Å². The maximum Gasteiger partial charge on any atom is 0.194 e. The summed E-state index contributed by atoms with van der Waals surface area (Å²) >= 11 is 0. The maximum absolute atomic E-state index is 4.63. The lowest BCUT2D eigenvalue weighted by Gasteiger charge is -2.39. The normalized spacial score (nSPS) is 18.4. The van der Waals surface area contributed by atoms with Crippen LogP contribution in [0.2, 0.25) is 0 Å². The molecular weight excluding hydrogens is 348 g/mol. The highest BCUT2D eigenvalue weighted by molar-refractivity contribution is 5.81. The molecule has 1 fully saturated rings. The molecule has 0 aromatic carbocycles. The van der Waals surface area contributed by atoms with Crippen molar-refractivity contribution in [1.29, 1.82) is 0 Å². The number of likely N-dealkylation sites (tertiary alicyclic amines) is 1. The van der Waals surface area contributed by atoms with E-state index in [0.29, 0.717) is 6.04 Å². The van der Waals surface area contributed by atoms with Gasteiger partial charge in [0.1, 0.15) is 0 Å². The summed E-state index contributed by atoms with van der Waals surface area (Å²) < 4.78 is 0. The predicted molar refractivity (Wildman–Crippen MR) is 117 cm³/mol. The van der Waals surface area contributed by atoms with Gasteiger partial charge >= 0.3 is 0 Å². The summed E-state index contributed by atoms with van der Waals surface area (Å²) in [6.07, 6.45) is 11.4. The van der Waals surface area contributed by atoms with Crippen molar-refractivity contribution >= 4 is 12.2 Å². The first-order valence-electron chi connectivity index (χ1n) is 10.6. The lowest BCUT2D eigenvalue weighted by atomic mass is 10.0. The fourth-order valence-corrected chi connectivity index (χ4v) is 3.83. The zero-order chi connectivity index (χ0) is 19.6. The molecule has 1 saturated heterocycles. The third-order valence-corrected chi connectivity index (χ3v) is 5.49. The summed E-state index contributed by atoms with van der Waals surface area (Å²) in [5, 5.41) is 3.40. The van der Waals surface area contributed by atoms with Gasteiger partial charge in [-0.25, -0.2) is 0 Å². The van der Waals surface area contributed by atoms with E-state index in [1.54, 1.807) is 0 Å². The van der Waals surface area contributed by atoms with E-state index in [-0.39, 0.29) is 0 Å². The van der Waals surface area contributed by atoms with E-state index >= 15 is 0 Å². The molecule has 0 unspecified atom stereocenters. The first-order chi connectivity index (χ1) is 13.8. The number of rotatable bonds is 8. The van der Waals surface area contributed by atoms with Crippen LogP contribution in [0.3, 0.4) is 0 Å². The van der Waals surface area contributed by atoms with E-state index in [1.165, 1.54) is 11.3 Å². The smallest absolute Gasteiger partial charge is 0.194 e. The fourth-order valence-electron chi connectivity index (χ4n) is 3.83. The average Bonchev–Trinajstić information content (AvgIpc) is 3.26. The monoisotopic (exact) mass is 382 g/mol. The van der Waals surface area contributed by atoms with E-state index < -0.39 is 0 Å². The second-order valence-corrected chi connectivity index (χ2v) is 7.48. The first kappa shape index (κ1) is 20.5. The van der Waals surface area contributed by atoms with Gasteiger partial charge in [0.25, 0.3) is 0 Å². The van der Waals surface area contributed by atoms with Crippen molar-refractivity contribution in [3.63, 3.8) is 0 Å². The van der Waals surface area contributed by atoms with Crippen molar-refractivity contribution in [2.45, 2.75) is 45.7 Å². The van der Waals surface area contributed by atoms with Crippen LogP contribution in [-0.2, 0) is 6.54 Å². The zero-order valence-electron chi connectivity index (χ0n) is 17.3. The van der Waals surface area contributed by atoms with E-state index in [1.807, 2.05) is 24.6 Å². The van der Waals surface area contributed by atoms with Gasteiger partial charge in [-0.05, 0) is 43.9 Å². The highest BCUT2D eigenvalue weighted by Crippen LogP contribution is 2.20. The summed E-state index contributed by atoms with van der Waals surface area (Å²) in [7, 11) is 0. The van der Waals surface area contributed by atoms with Crippen LogP contribution in [0.4, 0.5) is 0 Å². The second-order valence-electron chi connectivity index (χ2n) is 7.48. The molecule has 6 nitrogen and oxygen atoms in total. The molecule has 3 heterocycles. The first-order valence-corrected chi connectivity index (χ1v) is 10.6. The van der Waals surface area contributed by atoms with Gasteiger partial charge in [0.05, 0.1) is 18.8 Å². The minimum absolute atomic E-state index is 0.570. The van der Waals surface area contributed by atoms with Crippen molar-refractivity contribution in [3.8, 4) is 0 Å². The molecule has 2 aliphatic heterocycles. The molecular formula is C22H34N6. The van der Waals surface area contributed by atoms with Crippen LogP contribution >= 0.6 is 0 Å². The minimum atomic E-state index is 0.570. The third kappa shape index (κ3) is 5.89. The molecule has 1 N–H and O–H groups in total.